The minimum atomic E-state index is -4.47. The highest BCUT2D eigenvalue weighted by Crippen LogP contribution is 2.43. The second kappa shape index (κ2) is 18.4. The van der Waals surface area contributed by atoms with Crippen molar-refractivity contribution in [2.75, 3.05) is 0 Å². The van der Waals surface area contributed by atoms with Crippen LogP contribution in [-0.4, -0.2) is 9.13 Å². The quantitative estimate of drug-likeness (QED) is 0.162. The van der Waals surface area contributed by atoms with Gasteiger partial charge < -0.3 is 9.13 Å². The van der Waals surface area contributed by atoms with E-state index in [0.717, 1.165) is 6.07 Å². The van der Waals surface area contributed by atoms with Gasteiger partial charge in [-0.3, -0.25) is 0 Å². The average molecular weight is 864 g/mol. The van der Waals surface area contributed by atoms with E-state index in [1.165, 1.54) is 145 Å². The lowest BCUT2D eigenvalue weighted by atomic mass is 9.90. The van der Waals surface area contributed by atoms with E-state index in [2.05, 4.69) is 134 Å². The van der Waals surface area contributed by atoms with Crippen LogP contribution in [0.25, 0.3) is 54.7 Å². The third-order valence-electron chi connectivity index (χ3n) is 15.0. The average Bonchev–Trinajstić information content (AvgIpc) is 3.78. The molecular formula is C58H68F3N3. The monoisotopic (exact) mass is 864 g/mol. The number of nitrogens with zero attached hydrogens (tertiary/aromatic N) is 3. The number of aryl methyl sites for hydroxylation is 10. The maximum atomic E-state index is 12.9. The van der Waals surface area contributed by atoms with Gasteiger partial charge >= 0.3 is 6.18 Å². The van der Waals surface area contributed by atoms with Crippen LogP contribution < -0.4 is 0 Å². The van der Waals surface area contributed by atoms with Gasteiger partial charge in [0.1, 0.15) is 0 Å². The van der Waals surface area contributed by atoms with Gasteiger partial charge in [0, 0.05) is 35.6 Å². The molecule has 0 aliphatic heterocycles. The van der Waals surface area contributed by atoms with Crippen LogP contribution in [-0.2, 0) is 20.3 Å². The molecule has 0 aliphatic carbocycles. The molecule has 6 heteroatoms. The number of benzene rings is 6. The number of halogens is 3. The van der Waals surface area contributed by atoms with Crippen LogP contribution in [0.5, 0.6) is 0 Å². The Kier molecular flexibility index (Phi) is 14.1. The summed E-state index contributed by atoms with van der Waals surface area (Å²) in [4.78, 5) is 0. The summed E-state index contributed by atoms with van der Waals surface area (Å²) < 4.78 is 43.7. The molecule has 0 amide bonds. The maximum absolute atomic E-state index is 12.9. The normalized spacial score (nSPS) is 11.3. The Bertz CT molecular complexity index is 2870. The number of hydrogen-bond donors (Lipinski definition) is 0. The van der Waals surface area contributed by atoms with E-state index in [-0.39, 0.29) is 11.1 Å². The van der Waals surface area contributed by atoms with Crippen LogP contribution in [0.15, 0.2) is 48.5 Å². The molecule has 2 heterocycles. The lowest BCUT2D eigenvalue weighted by Gasteiger charge is -2.13. The highest BCUT2D eigenvalue weighted by Gasteiger charge is 2.34. The van der Waals surface area contributed by atoms with E-state index < -0.39 is 11.7 Å². The predicted octanol–water partition coefficient (Wildman–Crippen LogP) is 16.9. The van der Waals surface area contributed by atoms with Crippen LogP contribution in [0, 0.1) is 122 Å². The van der Waals surface area contributed by atoms with E-state index in [1.54, 1.807) is 36.4 Å². The summed E-state index contributed by atoms with van der Waals surface area (Å²) in [5.41, 5.74) is 28.3. The Morgan fingerprint density at radius 1 is 0.406 bits per heavy atom. The van der Waals surface area contributed by atoms with Gasteiger partial charge in [-0.25, -0.2) is 0 Å². The molecular weight excluding hydrogens is 796 g/mol. The predicted molar refractivity (Wildman–Crippen MR) is 270 cm³/mol. The summed E-state index contributed by atoms with van der Waals surface area (Å²) in [7, 11) is 4.46. The van der Waals surface area contributed by atoms with E-state index >= 15 is 0 Å². The number of alkyl halides is 3. The highest BCUT2D eigenvalue weighted by atomic mass is 19.4. The topological polar surface area (TPSA) is 33.6 Å². The molecule has 0 unspecified atom stereocenters. The fourth-order valence-electron chi connectivity index (χ4n) is 10.0. The second-order valence-corrected chi connectivity index (χ2v) is 17.7. The minimum absolute atomic E-state index is 0.00186. The highest BCUT2D eigenvalue weighted by molar-refractivity contribution is 6.15. The molecule has 0 saturated heterocycles. The van der Waals surface area contributed by atoms with Gasteiger partial charge in [-0.1, -0.05) is 50.2 Å². The Morgan fingerprint density at radius 3 is 0.953 bits per heavy atom. The Balaban J connectivity index is 0.000000178. The van der Waals surface area contributed by atoms with Crippen molar-refractivity contribution >= 4 is 43.6 Å². The largest absolute Gasteiger partial charge is 0.417 e. The molecule has 3 nitrogen and oxygen atoms in total. The smallest absolute Gasteiger partial charge is 0.343 e. The van der Waals surface area contributed by atoms with Gasteiger partial charge in [0.25, 0.3) is 0 Å². The van der Waals surface area contributed by atoms with Gasteiger partial charge in [-0.15, -0.1) is 0 Å². The Labute approximate surface area is 380 Å². The second-order valence-electron chi connectivity index (χ2n) is 17.7. The van der Waals surface area contributed by atoms with Crippen LogP contribution in [0.3, 0.4) is 0 Å². The molecule has 6 aromatic carbocycles. The van der Waals surface area contributed by atoms with Crippen LogP contribution in [0.2, 0.25) is 0 Å². The molecule has 0 spiro atoms. The molecule has 0 radical (unpaired) electrons. The van der Waals surface area contributed by atoms with Crippen molar-refractivity contribution in [1.82, 2.24) is 9.13 Å². The number of nitriles is 1. The van der Waals surface area contributed by atoms with Gasteiger partial charge in [0.2, 0.25) is 0 Å². The first-order chi connectivity index (χ1) is 29.9. The first-order valence-electron chi connectivity index (χ1n) is 22.5. The zero-order valence-corrected chi connectivity index (χ0v) is 42.1. The van der Waals surface area contributed by atoms with Gasteiger partial charge in [0.15, 0.2) is 0 Å². The summed E-state index contributed by atoms with van der Waals surface area (Å²) in [6, 6.07) is 13.6. The molecule has 0 saturated carbocycles. The number of hydrogen-bond acceptors (Lipinski definition) is 1. The molecule has 2 aromatic heterocycles. The van der Waals surface area contributed by atoms with E-state index in [1.807, 2.05) is 13.8 Å². The van der Waals surface area contributed by atoms with Gasteiger partial charge in [-0.05, 0) is 223 Å². The molecule has 0 aliphatic rings. The fourth-order valence-corrected chi connectivity index (χ4v) is 10.0. The molecule has 0 bridgehead atoms. The molecule has 8 aromatic rings. The maximum Gasteiger partial charge on any atom is 0.417 e. The summed E-state index contributed by atoms with van der Waals surface area (Å²) >= 11 is 0. The van der Waals surface area contributed by atoms with Crippen molar-refractivity contribution in [1.29, 1.82) is 5.26 Å². The molecule has 64 heavy (non-hydrogen) atoms. The van der Waals surface area contributed by atoms with Crippen LogP contribution in [0.1, 0.15) is 114 Å². The third kappa shape index (κ3) is 7.90. The fraction of sp³-hybridized carbons (Fsp3) is 0.362. The van der Waals surface area contributed by atoms with E-state index in [0.29, 0.717) is 5.56 Å². The lowest BCUT2D eigenvalue weighted by Crippen LogP contribution is -2.07. The van der Waals surface area contributed by atoms with Crippen molar-refractivity contribution < 1.29 is 13.2 Å². The molecule has 0 atom stereocenters. The minimum Gasteiger partial charge on any atom is -0.343 e. The van der Waals surface area contributed by atoms with Crippen molar-refractivity contribution in [3.05, 3.63) is 149 Å². The lowest BCUT2D eigenvalue weighted by molar-refractivity contribution is -0.137. The summed E-state index contributed by atoms with van der Waals surface area (Å²) in [5, 5.41) is 14.5. The Morgan fingerprint density at radius 2 is 0.688 bits per heavy atom. The van der Waals surface area contributed by atoms with E-state index in [4.69, 9.17) is 5.26 Å². The molecule has 0 N–H and O–H groups in total. The van der Waals surface area contributed by atoms with Crippen molar-refractivity contribution in [3.63, 3.8) is 0 Å². The molecule has 8 rings (SSSR count). The first kappa shape index (κ1) is 49.2. The summed E-state index contributed by atoms with van der Waals surface area (Å²) in [6.07, 6.45) is -4.47. The van der Waals surface area contributed by atoms with Crippen molar-refractivity contribution in [2.45, 2.75) is 131 Å². The van der Waals surface area contributed by atoms with Gasteiger partial charge in [0.05, 0.1) is 39.3 Å². The number of aromatic nitrogens is 2. The Hall–Kier alpha value is -5.80. The molecule has 336 valence electrons. The van der Waals surface area contributed by atoms with Crippen LogP contribution in [0.4, 0.5) is 13.2 Å². The summed E-state index contributed by atoms with van der Waals surface area (Å²) in [5.74, 6) is 0. The third-order valence-corrected chi connectivity index (χ3v) is 15.0. The molecule has 0 fully saturated rings. The zero-order chi connectivity index (χ0) is 48.2. The first-order valence-corrected chi connectivity index (χ1v) is 22.5. The van der Waals surface area contributed by atoms with Crippen molar-refractivity contribution in [2.24, 2.45) is 14.1 Å². The van der Waals surface area contributed by atoms with Crippen LogP contribution >= 0.6 is 0 Å². The number of fused-ring (bicyclic) bond motifs is 6. The zero-order valence-electron chi connectivity index (χ0n) is 42.1. The van der Waals surface area contributed by atoms with E-state index in [9.17, 15) is 13.2 Å². The van der Waals surface area contributed by atoms with Gasteiger partial charge in [-0.2, -0.15) is 18.4 Å². The standard InChI is InChI=1S/2C21H27N.C14H8F3N.C2H6/c2*1-10-12(3)16(7)20-18(14(10)5)19-15(6)11(2)13(4)17(8)21(19)22(20)9;15-14(16,17)13-8-10(9-18)6-7-12(13)11-4-2-1-3-5-11;1-2/h2*1-9H3;1-8H;1-2H3. The SMILES string of the molecule is CC.Cc1c(C)c(C)c2c(c1C)c1c(C)c(C)c(C)c(C)c1n2C.Cc1c(C)c(C)c2c(c1C)c1c(C)c(C)c(C)c(C)c1n2C.N#Cc1ccc(-c2ccccc2)c(C(F)(F)F)c1. The summed E-state index contributed by atoms with van der Waals surface area (Å²) in [6.45, 7) is 40.3. The number of rotatable bonds is 1. The van der Waals surface area contributed by atoms with Crippen molar-refractivity contribution in [3.8, 4) is 17.2 Å².